The second kappa shape index (κ2) is 5.31. The quantitative estimate of drug-likeness (QED) is 0.843. The van der Waals surface area contributed by atoms with Crippen molar-refractivity contribution in [3.63, 3.8) is 0 Å². The van der Waals surface area contributed by atoms with Crippen LogP contribution in [0.25, 0.3) is 0 Å². The summed E-state index contributed by atoms with van der Waals surface area (Å²) in [6.45, 7) is 7.41. The summed E-state index contributed by atoms with van der Waals surface area (Å²) in [4.78, 5) is 5.54. The van der Waals surface area contributed by atoms with Gasteiger partial charge in [0.2, 0.25) is 0 Å². The lowest BCUT2D eigenvalue weighted by atomic mass is 9.68. The van der Waals surface area contributed by atoms with E-state index < -0.39 is 0 Å². The molecule has 2 heterocycles. The van der Waals surface area contributed by atoms with Crippen LogP contribution in [-0.4, -0.2) is 60.8 Å². The van der Waals surface area contributed by atoms with Crippen LogP contribution < -0.4 is 0 Å². The lowest BCUT2D eigenvalue weighted by molar-refractivity contribution is -0.118. The minimum absolute atomic E-state index is 0.307. The van der Waals surface area contributed by atoms with E-state index in [9.17, 15) is 0 Å². The number of hydrogen-bond acceptors (Lipinski definition) is 3. The van der Waals surface area contributed by atoms with Gasteiger partial charge in [0.1, 0.15) is 0 Å². The van der Waals surface area contributed by atoms with Crippen molar-refractivity contribution in [3.8, 4) is 0 Å². The van der Waals surface area contributed by atoms with Crippen molar-refractivity contribution in [1.29, 1.82) is 0 Å². The SMILES string of the molecule is c1ccc2c(c1)CC(N1CCN(C[C@]34C[C@H]3COC43CCC3)CC1)C2. The second-order valence-corrected chi connectivity index (χ2v) is 9.36. The van der Waals surface area contributed by atoms with Gasteiger partial charge in [0.05, 0.1) is 12.2 Å². The number of rotatable bonds is 3. The third kappa shape index (κ3) is 2.15. The average molecular weight is 338 g/mol. The summed E-state index contributed by atoms with van der Waals surface area (Å²) >= 11 is 0. The van der Waals surface area contributed by atoms with E-state index in [2.05, 4.69) is 34.1 Å². The Labute approximate surface area is 151 Å². The van der Waals surface area contributed by atoms with Gasteiger partial charge in [-0.15, -0.1) is 0 Å². The van der Waals surface area contributed by atoms with Crippen molar-refractivity contribution >= 4 is 0 Å². The summed E-state index contributed by atoms with van der Waals surface area (Å²) in [5.74, 6) is 0.884. The molecule has 1 aromatic carbocycles. The van der Waals surface area contributed by atoms with Gasteiger partial charge in [-0.05, 0) is 55.6 Å². The molecule has 3 heteroatoms. The maximum Gasteiger partial charge on any atom is 0.0754 e. The summed E-state index contributed by atoms with van der Waals surface area (Å²) in [6, 6.07) is 9.81. The van der Waals surface area contributed by atoms with Crippen LogP contribution in [0.4, 0.5) is 0 Å². The molecule has 4 fully saturated rings. The van der Waals surface area contributed by atoms with Crippen molar-refractivity contribution < 1.29 is 4.74 Å². The van der Waals surface area contributed by atoms with Crippen LogP contribution >= 0.6 is 0 Å². The van der Waals surface area contributed by atoms with E-state index >= 15 is 0 Å². The van der Waals surface area contributed by atoms with Gasteiger partial charge in [-0.2, -0.15) is 0 Å². The predicted molar refractivity (Wildman–Crippen MR) is 98.7 cm³/mol. The highest BCUT2D eigenvalue weighted by Crippen LogP contribution is 2.71. The first kappa shape index (κ1) is 15.2. The molecule has 1 spiro atoms. The van der Waals surface area contributed by atoms with Crippen LogP contribution in [0.2, 0.25) is 0 Å². The largest absolute Gasteiger partial charge is 0.374 e. The molecule has 0 unspecified atom stereocenters. The van der Waals surface area contributed by atoms with Crippen LogP contribution in [0.5, 0.6) is 0 Å². The van der Waals surface area contributed by atoms with E-state index in [4.69, 9.17) is 4.74 Å². The lowest BCUT2D eigenvalue weighted by Gasteiger charge is -2.48. The van der Waals surface area contributed by atoms with E-state index in [1.54, 1.807) is 11.1 Å². The fourth-order valence-electron chi connectivity index (χ4n) is 6.52. The molecule has 3 aliphatic carbocycles. The number of ether oxygens (including phenoxy) is 1. The number of benzene rings is 1. The molecular formula is C22H30N2O. The van der Waals surface area contributed by atoms with Gasteiger partial charge in [-0.3, -0.25) is 4.90 Å². The zero-order valence-corrected chi connectivity index (χ0v) is 15.3. The van der Waals surface area contributed by atoms with Gasteiger partial charge in [-0.25, -0.2) is 0 Å². The minimum Gasteiger partial charge on any atom is -0.374 e. The van der Waals surface area contributed by atoms with E-state index in [-0.39, 0.29) is 0 Å². The van der Waals surface area contributed by atoms with E-state index in [1.807, 2.05) is 0 Å². The maximum atomic E-state index is 6.28. The Kier molecular flexibility index (Phi) is 3.22. The smallest absolute Gasteiger partial charge is 0.0754 e. The Morgan fingerprint density at radius 1 is 1.00 bits per heavy atom. The average Bonchev–Trinajstić information content (AvgIpc) is 3.01. The number of fused-ring (bicyclic) bond motifs is 3. The van der Waals surface area contributed by atoms with Crippen molar-refractivity contribution in [1.82, 2.24) is 9.80 Å². The summed E-state index contributed by atoms with van der Waals surface area (Å²) < 4.78 is 6.28. The van der Waals surface area contributed by atoms with E-state index in [0.717, 1.165) is 18.6 Å². The third-order valence-electron chi connectivity index (χ3n) is 8.32. The van der Waals surface area contributed by atoms with Gasteiger partial charge in [0, 0.05) is 44.2 Å². The van der Waals surface area contributed by atoms with E-state index in [0.29, 0.717) is 11.0 Å². The molecule has 134 valence electrons. The van der Waals surface area contributed by atoms with Gasteiger partial charge < -0.3 is 9.64 Å². The summed E-state index contributed by atoms with van der Waals surface area (Å²) in [6.07, 6.45) is 8.04. The van der Waals surface area contributed by atoms with Crippen LogP contribution in [-0.2, 0) is 17.6 Å². The molecule has 2 saturated heterocycles. The standard InChI is InChI=1S/C22H30N2O/c1-2-5-18-13-20(12-17(18)4-1)24-10-8-23(9-11-24)16-21-14-19(21)15-25-22(21)6-3-7-22/h1-2,4-5,19-20H,3,6-16H2/t19-,21+/m0/s1. The molecule has 0 bridgehead atoms. The number of piperazine rings is 1. The molecule has 3 nitrogen and oxygen atoms in total. The van der Waals surface area contributed by atoms with Gasteiger partial charge >= 0.3 is 0 Å². The fraction of sp³-hybridized carbons (Fsp3) is 0.727. The van der Waals surface area contributed by atoms with Crippen LogP contribution in [0.15, 0.2) is 24.3 Å². The third-order valence-corrected chi connectivity index (χ3v) is 8.32. The zero-order valence-electron chi connectivity index (χ0n) is 15.3. The highest BCUT2D eigenvalue weighted by molar-refractivity contribution is 5.33. The monoisotopic (exact) mass is 338 g/mol. The molecule has 6 rings (SSSR count). The highest BCUT2D eigenvalue weighted by Gasteiger charge is 2.73. The minimum atomic E-state index is 0.307. The molecule has 2 saturated carbocycles. The van der Waals surface area contributed by atoms with Crippen molar-refractivity contribution in [2.75, 3.05) is 39.3 Å². The highest BCUT2D eigenvalue weighted by atomic mass is 16.5. The number of nitrogens with zero attached hydrogens (tertiary/aromatic N) is 2. The van der Waals surface area contributed by atoms with Crippen LogP contribution in [0.1, 0.15) is 36.8 Å². The van der Waals surface area contributed by atoms with Crippen molar-refractivity contribution in [3.05, 3.63) is 35.4 Å². The number of hydrogen-bond donors (Lipinski definition) is 0. The van der Waals surface area contributed by atoms with Gasteiger partial charge in [0.25, 0.3) is 0 Å². The molecule has 0 aromatic heterocycles. The molecule has 0 N–H and O–H groups in total. The zero-order chi connectivity index (χ0) is 16.5. The Balaban J connectivity index is 1.07. The predicted octanol–water partition coefficient (Wildman–Crippen LogP) is 2.73. The lowest BCUT2D eigenvalue weighted by Crippen LogP contribution is -2.55. The maximum absolute atomic E-state index is 6.28. The second-order valence-electron chi connectivity index (χ2n) is 9.36. The fourth-order valence-corrected chi connectivity index (χ4v) is 6.52. The Morgan fingerprint density at radius 2 is 1.72 bits per heavy atom. The Hall–Kier alpha value is -0.900. The molecule has 5 aliphatic rings. The first-order chi connectivity index (χ1) is 12.3. The molecular weight excluding hydrogens is 308 g/mol. The first-order valence-electron chi connectivity index (χ1n) is 10.5. The van der Waals surface area contributed by atoms with Gasteiger partial charge in [0.15, 0.2) is 0 Å². The summed E-state index contributed by atoms with van der Waals surface area (Å²) in [7, 11) is 0. The molecule has 1 aromatic rings. The normalized spacial score (nSPS) is 37.0. The Bertz CT molecular complexity index is 651. The summed E-state index contributed by atoms with van der Waals surface area (Å²) in [5, 5.41) is 0. The molecule has 2 atom stereocenters. The van der Waals surface area contributed by atoms with Crippen LogP contribution in [0.3, 0.4) is 0 Å². The van der Waals surface area contributed by atoms with Gasteiger partial charge in [-0.1, -0.05) is 24.3 Å². The molecule has 25 heavy (non-hydrogen) atoms. The summed E-state index contributed by atoms with van der Waals surface area (Å²) in [5.41, 5.74) is 4.04. The van der Waals surface area contributed by atoms with E-state index in [1.165, 1.54) is 71.2 Å². The first-order valence-corrected chi connectivity index (χ1v) is 10.5. The van der Waals surface area contributed by atoms with Crippen molar-refractivity contribution in [2.24, 2.45) is 11.3 Å². The Morgan fingerprint density at radius 3 is 2.32 bits per heavy atom. The topological polar surface area (TPSA) is 15.7 Å². The molecule has 2 aliphatic heterocycles. The van der Waals surface area contributed by atoms with Crippen LogP contribution in [0, 0.1) is 11.3 Å². The van der Waals surface area contributed by atoms with Crippen molar-refractivity contribution in [2.45, 2.75) is 50.2 Å². The molecule has 0 amide bonds. The molecule has 0 radical (unpaired) electrons.